The van der Waals surface area contributed by atoms with Crippen LogP contribution < -0.4 is 18.7 Å². The number of halogens is 4. The first kappa shape index (κ1) is 33.1. The van der Waals surface area contributed by atoms with E-state index in [1.54, 1.807) is 18.1 Å². The Morgan fingerprint density at radius 3 is 2.47 bits per heavy atom. The fourth-order valence-corrected chi connectivity index (χ4v) is 7.93. The number of ether oxygens (including phenoxy) is 3. The van der Waals surface area contributed by atoms with E-state index in [2.05, 4.69) is 16.9 Å². The second-order valence-electron chi connectivity index (χ2n) is 11.4. The number of methoxy groups -OCH3 is 3. The summed E-state index contributed by atoms with van der Waals surface area (Å²) in [6, 6.07) is 9.33. The number of anilines is 2. The number of likely N-dealkylation sites (tertiary alicyclic amines) is 1. The highest BCUT2D eigenvalue weighted by Crippen LogP contribution is 2.43. The van der Waals surface area contributed by atoms with Gasteiger partial charge in [0.05, 0.1) is 26.5 Å². The summed E-state index contributed by atoms with van der Waals surface area (Å²) < 4.78 is 91.2. The number of rotatable bonds is 11. The van der Waals surface area contributed by atoms with Gasteiger partial charge in [0.15, 0.2) is 10.7 Å². The zero-order valence-corrected chi connectivity index (χ0v) is 27.1. The molecule has 244 valence electrons. The summed E-state index contributed by atoms with van der Waals surface area (Å²) in [5.41, 5.74) is -0.215. The number of piperidine rings is 1. The lowest BCUT2D eigenvalue weighted by molar-refractivity contribution is -0.0592. The van der Waals surface area contributed by atoms with Crippen LogP contribution in [-0.4, -0.2) is 78.0 Å². The average Bonchev–Trinajstić information content (AvgIpc) is 3.00. The van der Waals surface area contributed by atoms with Gasteiger partial charge in [0.25, 0.3) is 10.0 Å². The summed E-state index contributed by atoms with van der Waals surface area (Å²) >= 11 is 6.43. The molecule has 1 atom stereocenters. The average molecular weight is 669 g/mol. The predicted octanol–water partition coefficient (Wildman–Crippen LogP) is 5.64. The number of benzene rings is 2. The number of pyridine rings is 1. The number of sulfonamides is 1. The topological polar surface area (TPSA) is 84.4 Å². The molecule has 0 saturated carbocycles. The first-order valence-corrected chi connectivity index (χ1v) is 16.3. The molecule has 0 radical (unpaired) electrons. The quantitative estimate of drug-likeness (QED) is 0.192. The third kappa shape index (κ3) is 6.53. The summed E-state index contributed by atoms with van der Waals surface area (Å²) in [5.74, 6) is -3.52. The molecule has 2 aliphatic heterocycles. The van der Waals surface area contributed by atoms with Crippen molar-refractivity contribution in [2.45, 2.75) is 48.8 Å². The van der Waals surface area contributed by atoms with Gasteiger partial charge in [0.2, 0.25) is 5.95 Å². The summed E-state index contributed by atoms with van der Waals surface area (Å²) in [7, 11) is 1.48. The van der Waals surface area contributed by atoms with Crippen molar-refractivity contribution in [2.75, 3.05) is 57.2 Å². The van der Waals surface area contributed by atoms with E-state index >= 15 is 8.78 Å². The van der Waals surface area contributed by atoms with Gasteiger partial charge in [-0.1, -0.05) is 24.1 Å². The van der Waals surface area contributed by atoms with Crippen LogP contribution in [0.4, 0.5) is 24.7 Å². The van der Waals surface area contributed by atoms with Crippen LogP contribution in [0.5, 0.6) is 11.5 Å². The first-order chi connectivity index (χ1) is 21.4. The summed E-state index contributed by atoms with van der Waals surface area (Å²) in [5, 5.41) is -0.552. The molecular formula is C31H36ClF3N4O5S. The van der Waals surface area contributed by atoms with Crippen molar-refractivity contribution in [2.24, 2.45) is 0 Å². The Morgan fingerprint density at radius 2 is 1.82 bits per heavy atom. The molecule has 14 heteroatoms. The van der Waals surface area contributed by atoms with Crippen molar-refractivity contribution in [3.63, 3.8) is 0 Å². The van der Waals surface area contributed by atoms with Crippen LogP contribution in [0.25, 0.3) is 0 Å². The molecule has 2 fully saturated rings. The molecule has 0 unspecified atom stereocenters. The Morgan fingerprint density at radius 1 is 1.07 bits per heavy atom. The predicted molar refractivity (Wildman–Crippen MR) is 165 cm³/mol. The second kappa shape index (κ2) is 13.2. The molecule has 1 aromatic heterocycles. The van der Waals surface area contributed by atoms with Gasteiger partial charge < -0.3 is 24.0 Å². The fourth-order valence-electron chi connectivity index (χ4n) is 6.10. The third-order valence-electron chi connectivity index (χ3n) is 8.67. The van der Waals surface area contributed by atoms with Crippen LogP contribution in [0.1, 0.15) is 31.2 Å². The van der Waals surface area contributed by atoms with E-state index in [0.29, 0.717) is 34.7 Å². The first-order valence-electron chi connectivity index (χ1n) is 14.5. The minimum atomic E-state index is -5.04. The van der Waals surface area contributed by atoms with Gasteiger partial charge in [-0.3, -0.25) is 0 Å². The molecule has 5 rings (SSSR count). The molecule has 2 saturated heterocycles. The largest absolute Gasteiger partial charge is 0.497 e. The third-order valence-corrected chi connectivity index (χ3v) is 10.8. The van der Waals surface area contributed by atoms with Crippen LogP contribution in [0.2, 0.25) is 5.02 Å². The lowest BCUT2D eigenvalue weighted by atomic mass is 9.83. The summed E-state index contributed by atoms with van der Waals surface area (Å²) in [6.07, 6.45) is 4.06. The molecule has 3 heterocycles. The van der Waals surface area contributed by atoms with Gasteiger partial charge in [0, 0.05) is 43.9 Å². The van der Waals surface area contributed by atoms with Crippen molar-refractivity contribution >= 4 is 33.1 Å². The zero-order chi connectivity index (χ0) is 32.5. The minimum absolute atomic E-state index is 0.0162. The van der Waals surface area contributed by atoms with E-state index in [1.807, 2.05) is 0 Å². The normalized spacial score (nSPS) is 18.4. The maximum absolute atomic E-state index is 16.0. The molecule has 0 spiro atoms. The maximum Gasteiger partial charge on any atom is 0.271 e. The number of hydrogen-bond acceptors (Lipinski definition) is 8. The van der Waals surface area contributed by atoms with Crippen molar-refractivity contribution in [3.05, 3.63) is 70.6 Å². The molecule has 3 aromatic rings. The van der Waals surface area contributed by atoms with Crippen molar-refractivity contribution in [1.82, 2.24) is 9.88 Å². The lowest BCUT2D eigenvalue weighted by Crippen LogP contribution is -2.65. The van der Waals surface area contributed by atoms with E-state index in [9.17, 15) is 12.8 Å². The van der Waals surface area contributed by atoms with Crippen LogP contribution in [-0.2, 0) is 21.3 Å². The minimum Gasteiger partial charge on any atom is -0.497 e. The molecule has 0 amide bonds. The van der Waals surface area contributed by atoms with Crippen molar-refractivity contribution < 1.29 is 35.8 Å². The molecule has 0 aliphatic carbocycles. The fraction of sp³-hybridized carbons (Fsp3) is 0.452. The molecule has 2 aliphatic rings. The van der Waals surface area contributed by atoms with Gasteiger partial charge in [0.1, 0.15) is 33.8 Å². The monoisotopic (exact) mass is 668 g/mol. The van der Waals surface area contributed by atoms with Crippen LogP contribution >= 0.6 is 11.6 Å². The summed E-state index contributed by atoms with van der Waals surface area (Å²) in [6.45, 7) is 1.16. The lowest BCUT2D eigenvalue weighted by Gasteiger charge is -2.53. The molecule has 0 N–H and O–H groups in total. The Kier molecular flexibility index (Phi) is 9.73. The SMILES string of the molecule is COc1ccc(CN(c2cccc(F)n2)S(=O)(=O)c2c(F)cc(N3CC(C[C@@H]4CCCCN4C)(OC)C3)c(Cl)c2F)c(OC)c1. The highest BCUT2D eigenvalue weighted by Gasteiger charge is 2.47. The Labute approximate surface area is 266 Å². The van der Waals surface area contributed by atoms with Gasteiger partial charge in [-0.25, -0.2) is 26.5 Å². The standard InChI is InChI=1S/C31H36ClF3N4O5S/c1-37-13-6-5-8-21(37)16-31(44-4)18-38(19-31)24-15-23(33)30(29(35)28(24)32)45(40,41)39(27-10-7-9-26(34)36-27)17-20-11-12-22(42-2)14-25(20)43-3/h7,9-12,14-15,21H,5-6,8,13,16-19H2,1-4H3/t21-/m0/s1. The Bertz CT molecular complexity index is 1660. The van der Waals surface area contributed by atoms with E-state index in [1.165, 1.54) is 38.5 Å². The number of hydrogen-bond donors (Lipinski definition) is 0. The van der Waals surface area contributed by atoms with Gasteiger partial charge in [-0.15, -0.1) is 0 Å². The Balaban J connectivity index is 1.48. The second-order valence-corrected chi connectivity index (χ2v) is 13.6. The van der Waals surface area contributed by atoms with Gasteiger partial charge in [-0.05, 0) is 57.1 Å². The van der Waals surface area contributed by atoms with Crippen molar-refractivity contribution in [3.8, 4) is 11.5 Å². The zero-order valence-electron chi connectivity index (χ0n) is 25.5. The van der Waals surface area contributed by atoms with Crippen LogP contribution in [0.15, 0.2) is 47.4 Å². The highest BCUT2D eigenvalue weighted by atomic mass is 35.5. The maximum atomic E-state index is 16.0. The number of aromatic nitrogens is 1. The van der Waals surface area contributed by atoms with E-state index < -0.39 is 55.5 Å². The van der Waals surface area contributed by atoms with Gasteiger partial charge in [-0.2, -0.15) is 4.39 Å². The smallest absolute Gasteiger partial charge is 0.271 e. The molecule has 2 aromatic carbocycles. The van der Waals surface area contributed by atoms with Gasteiger partial charge >= 0.3 is 0 Å². The van der Waals surface area contributed by atoms with Crippen LogP contribution in [0.3, 0.4) is 0 Å². The highest BCUT2D eigenvalue weighted by molar-refractivity contribution is 7.92. The molecular weight excluding hydrogens is 633 g/mol. The number of nitrogens with zero attached hydrogens (tertiary/aromatic N) is 4. The van der Waals surface area contributed by atoms with E-state index in [-0.39, 0.29) is 11.4 Å². The summed E-state index contributed by atoms with van der Waals surface area (Å²) in [4.78, 5) is 6.39. The molecule has 9 nitrogen and oxygen atoms in total. The van der Waals surface area contributed by atoms with E-state index in [0.717, 1.165) is 44.4 Å². The van der Waals surface area contributed by atoms with Crippen LogP contribution in [0, 0.1) is 17.6 Å². The van der Waals surface area contributed by atoms with E-state index in [4.69, 9.17) is 25.8 Å². The Hall–Kier alpha value is -3.26. The molecule has 45 heavy (non-hydrogen) atoms. The van der Waals surface area contributed by atoms with Crippen molar-refractivity contribution in [1.29, 1.82) is 0 Å². The molecule has 0 bridgehead atoms.